The van der Waals surface area contributed by atoms with Gasteiger partial charge in [-0.05, 0) is 43.2 Å². The quantitative estimate of drug-likeness (QED) is 0.878. The minimum absolute atomic E-state index is 0.00927. The van der Waals surface area contributed by atoms with E-state index in [-0.39, 0.29) is 6.61 Å². The second kappa shape index (κ2) is 6.90. The lowest BCUT2D eigenvalue weighted by atomic mass is 10.2. The van der Waals surface area contributed by atoms with Crippen LogP contribution in [0.1, 0.15) is 30.8 Å². The molecule has 0 radical (unpaired) electrons. The summed E-state index contributed by atoms with van der Waals surface area (Å²) in [6, 6.07) is 7.69. The molecule has 108 valence electrons. The third-order valence-corrected chi connectivity index (χ3v) is 3.92. The van der Waals surface area contributed by atoms with E-state index in [1.165, 1.54) is 0 Å². The first kappa shape index (κ1) is 15.1. The molecule has 0 bridgehead atoms. The molecule has 0 aliphatic rings. The molecule has 0 saturated carbocycles. The van der Waals surface area contributed by atoms with E-state index in [0.29, 0.717) is 6.61 Å². The Bertz CT molecular complexity index is 581. The third kappa shape index (κ3) is 3.41. The molecule has 0 amide bonds. The number of halogens is 1. The molecular formula is C15H19BrN2O2. The molecule has 0 fully saturated rings. The van der Waals surface area contributed by atoms with E-state index in [2.05, 4.69) is 40.9 Å². The molecule has 0 aliphatic heterocycles. The highest BCUT2D eigenvalue weighted by Crippen LogP contribution is 2.23. The molecule has 5 heteroatoms. The van der Waals surface area contributed by atoms with Crippen molar-refractivity contribution < 1.29 is 9.84 Å². The number of ether oxygens (including phenoxy) is 1. The largest absolute Gasteiger partial charge is 0.487 e. The van der Waals surface area contributed by atoms with Crippen LogP contribution in [0, 0.1) is 0 Å². The predicted molar refractivity (Wildman–Crippen MR) is 81.7 cm³/mol. The lowest BCUT2D eigenvalue weighted by molar-refractivity contribution is 0.275. The summed E-state index contributed by atoms with van der Waals surface area (Å²) < 4.78 is 8.65. The summed E-state index contributed by atoms with van der Waals surface area (Å²) >= 11 is 3.39. The van der Waals surface area contributed by atoms with Crippen molar-refractivity contribution in [1.82, 2.24) is 9.78 Å². The first-order chi connectivity index (χ1) is 9.67. The van der Waals surface area contributed by atoms with Crippen molar-refractivity contribution in [3.63, 3.8) is 0 Å². The Morgan fingerprint density at radius 2 is 2.10 bits per heavy atom. The molecule has 0 aliphatic carbocycles. The summed E-state index contributed by atoms with van der Waals surface area (Å²) in [5.41, 5.74) is 2.97. The fraction of sp³-hybridized carbons (Fsp3) is 0.400. The van der Waals surface area contributed by atoms with Crippen LogP contribution in [-0.4, -0.2) is 14.9 Å². The second-order valence-corrected chi connectivity index (χ2v) is 5.35. The monoisotopic (exact) mass is 338 g/mol. The first-order valence-electron chi connectivity index (χ1n) is 6.75. The van der Waals surface area contributed by atoms with Gasteiger partial charge >= 0.3 is 0 Å². The van der Waals surface area contributed by atoms with Crippen molar-refractivity contribution in [2.24, 2.45) is 0 Å². The van der Waals surface area contributed by atoms with E-state index < -0.39 is 0 Å². The summed E-state index contributed by atoms with van der Waals surface area (Å²) in [7, 11) is 0. The van der Waals surface area contributed by atoms with Crippen molar-refractivity contribution >= 4 is 15.9 Å². The molecule has 0 spiro atoms. The minimum atomic E-state index is -0.00927. The molecule has 1 aromatic carbocycles. The van der Waals surface area contributed by atoms with Gasteiger partial charge in [0, 0.05) is 11.0 Å². The predicted octanol–water partition coefficient (Wildman–Crippen LogP) is 3.30. The van der Waals surface area contributed by atoms with Crippen LogP contribution in [0.3, 0.4) is 0 Å². The van der Waals surface area contributed by atoms with Gasteiger partial charge in [0.1, 0.15) is 12.4 Å². The Hall–Kier alpha value is -1.33. The highest BCUT2D eigenvalue weighted by Gasteiger charge is 2.07. The fourth-order valence-electron chi connectivity index (χ4n) is 2.00. The van der Waals surface area contributed by atoms with E-state index in [4.69, 9.17) is 4.74 Å². The lowest BCUT2D eigenvalue weighted by Crippen LogP contribution is -2.06. The van der Waals surface area contributed by atoms with Crippen molar-refractivity contribution in [3.05, 3.63) is 45.7 Å². The molecule has 0 atom stereocenters. The highest BCUT2D eigenvalue weighted by molar-refractivity contribution is 9.10. The van der Waals surface area contributed by atoms with E-state index in [1.807, 2.05) is 22.9 Å². The van der Waals surface area contributed by atoms with Crippen LogP contribution in [0.25, 0.3) is 0 Å². The fourth-order valence-corrected chi connectivity index (χ4v) is 2.37. The molecule has 1 N–H and O–H groups in total. The van der Waals surface area contributed by atoms with Gasteiger partial charge in [-0.1, -0.05) is 22.9 Å². The Morgan fingerprint density at radius 1 is 1.30 bits per heavy atom. The number of hydrogen-bond acceptors (Lipinski definition) is 3. The van der Waals surface area contributed by atoms with Crippen molar-refractivity contribution in [2.45, 2.75) is 40.0 Å². The lowest BCUT2D eigenvalue weighted by Gasteiger charge is -2.09. The van der Waals surface area contributed by atoms with Crippen LogP contribution in [0.2, 0.25) is 0 Å². The summed E-state index contributed by atoms with van der Waals surface area (Å²) in [5, 5.41) is 13.7. The van der Waals surface area contributed by atoms with Gasteiger partial charge in [0.25, 0.3) is 0 Å². The van der Waals surface area contributed by atoms with E-state index >= 15 is 0 Å². The molecule has 2 aromatic rings. The van der Waals surface area contributed by atoms with E-state index in [9.17, 15) is 5.11 Å². The van der Waals surface area contributed by atoms with Gasteiger partial charge in [-0.25, -0.2) is 0 Å². The van der Waals surface area contributed by atoms with Gasteiger partial charge in [0.05, 0.1) is 18.0 Å². The third-order valence-electron chi connectivity index (χ3n) is 3.15. The van der Waals surface area contributed by atoms with Gasteiger partial charge in [-0.2, -0.15) is 5.10 Å². The Balaban J connectivity index is 2.10. The molecule has 1 heterocycles. The van der Waals surface area contributed by atoms with Gasteiger partial charge in [-0.15, -0.1) is 0 Å². The molecule has 1 aromatic heterocycles. The van der Waals surface area contributed by atoms with Crippen LogP contribution >= 0.6 is 15.9 Å². The van der Waals surface area contributed by atoms with Crippen molar-refractivity contribution in [1.29, 1.82) is 0 Å². The minimum Gasteiger partial charge on any atom is -0.487 e. The molecule has 0 saturated heterocycles. The zero-order valence-electron chi connectivity index (χ0n) is 11.8. The SMILES string of the molecule is CCc1cc(COc2ccc(Br)c(CO)c2)n(CC)n1. The number of rotatable bonds is 6. The topological polar surface area (TPSA) is 47.3 Å². The number of aliphatic hydroxyl groups excluding tert-OH is 1. The normalized spacial score (nSPS) is 10.8. The zero-order valence-corrected chi connectivity index (χ0v) is 13.4. The number of aryl methyl sites for hydroxylation is 2. The van der Waals surface area contributed by atoms with Crippen LogP contribution in [0.15, 0.2) is 28.7 Å². The van der Waals surface area contributed by atoms with E-state index in [0.717, 1.165) is 40.1 Å². The van der Waals surface area contributed by atoms with Crippen LogP contribution in [0.5, 0.6) is 5.75 Å². The number of aliphatic hydroxyl groups is 1. The van der Waals surface area contributed by atoms with Gasteiger partial charge in [0.2, 0.25) is 0 Å². The van der Waals surface area contributed by atoms with Crippen LogP contribution in [0.4, 0.5) is 0 Å². The highest BCUT2D eigenvalue weighted by atomic mass is 79.9. The number of aromatic nitrogens is 2. The first-order valence-corrected chi connectivity index (χ1v) is 7.54. The Labute approximate surface area is 127 Å². The number of hydrogen-bond donors (Lipinski definition) is 1. The van der Waals surface area contributed by atoms with Crippen molar-refractivity contribution in [2.75, 3.05) is 0 Å². The number of nitrogens with zero attached hydrogens (tertiary/aromatic N) is 2. The van der Waals surface area contributed by atoms with Gasteiger partial charge in [-0.3, -0.25) is 4.68 Å². The number of benzene rings is 1. The maximum atomic E-state index is 9.25. The van der Waals surface area contributed by atoms with Gasteiger partial charge < -0.3 is 9.84 Å². The van der Waals surface area contributed by atoms with Crippen LogP contribution in [-0.2, 0) is 26.2 Å². The molecule has 4 nitrogen and oxygen atoms in total. The Morgan fingerprint density at radius 3 is 2.75 bits per heavy atom. The van der Waals surface area contributed by atoms with Crippen molar-refractivity contribution in [3.8, 4) is 5.75 Å². The molecule has 0 unspecified atom stereocenters. The van der Waals surface area contributed by atoms with Gasteiger partial charge in [0.15, 0.2) is 0 Å². The molecule has 2 rings (SSSR count). The summed E-state index contributed by atoms with van der Waals surface area (Å²) in [6.45, 7) is 5.47. The maximum absolute atomic E-state index is 9.25. The summed E-state index contributed by atoms with van der Waals surface area (Å²) in [6.07, 6.45) is 0.924. The average Bonchev–Trinajstić information content (AvgIpc) is 2.88. The van der Waals surface area contributed by atoms with E-state index in [1.54, 1.807) is 0 Å². The van der Waals surface area contributed by atoms with Crippen LogP contribution < -0.4 is 4.74 Å². The molecular weight excluding hydrogens is 320 g/mol. The maximum Gasteiger partial charge on any atom is 0.130 e. The average molecular weight is 339 g/mol. The zero-order chi connectivity index (χ0) is 14.5. The smallest absolute Gasteiger partial charge is 0.130 e. The summed E-state index contributed by atoms with van der Waals surface area (Å²) in [4.78, 5) is 0. The summed E-state index contributed by atoms with van der Waals surface area (Å²) in [5.74, 6) is 0.749. The standard InChI is InChI=1S/C15H19BrN2O2/c1-3-12-8-13(18(4-2)17-12)10-20-14-5-6-15(16)11(7-14)9-19/h5-8,19H,3-4,9-10H2,1-2H3. The second-order valence-electron chi connectivity index (χ2n) is 4.50. The Kier molecular flexibility index (Phi) is 5.20. The molecule has 20 heavy (non-hydrogen) atoms.